The van der Waals surface area contributed by atoms with Gasteiger partial charge in [0.15, 0.2) is 0 Å². The molecule has 2 heterocycles. The number of hydrogen-bond donors (Lipinski definition) is 2. The van der Waals surface area contributed by atoms with Gasteiger partial charge in [-0.2, -0.15) is 0 Å². The van der Waals surface area contributed by atoms with E-state index in [1.807, 2.05) is 12.2 Å². The molecule has 0 aromatic carbocycles. The van der Waals surface area contributed by atoms with Crippen LogP contribution in [0.4, 0.5) is 0 Å². The number of fused-ring (bicyclic) bond motifs is 1. The highest BCUT2D eigenvalue weighted by molar-refractivity contribution is 8.00. The van der Waals surface area contributed by atoms with Crippen molar-refractivity contribution in [3.8, 4) is 0 Å². The molecule has 0 bridgehead atoms. The highest BCUT2D eigenvalue weighted by Gasteiger charge is 2.66. The third-order valence-corrected chi connectivity index (χ3v) is 6.09. The second kappa shape index (κ2) is 6.86. The molecule has 2 N–H and O–H groups in total. The van der Waals surface area contributed by atoms with Crippen molar-refractivity contribution >= 4 is 41.1 Å². The number of hydrogen-bond acceptors (Lipinski definition) is 5. The van der Waals surface area contributed by atoms with Crippen LogP contribution in [0.25, 0.3) is 0 Å². The normalized spacial score (nSPS) is 28.2. The zero-order valence-electron chi connectivity index (χ0n) is 13.5. The number of halogens is 1. The smallest absolute Gasteiger partial charge is 0.352 e. The van der Waals surface area contributed by atoms with E-state index in [1.165, 1.54) is 18.9 Å². The van der Waals surface area contributed by atoms with Crippen molar-refractivity contribution in [1.82, 2.24) is 10.2 Å². The number of rotatable bonds is 5. The number of amides is 2. The van der Waals surface area contributed by atoms with Crippen LogP contribution in [0.2, 0.25) is 0 Å². The minimum absolute atomic E-state index is 0.0245. The number of methoxy groups -OCH3 is 1. The molecule has 1 fully saturated rings. The molecule has 25 heavy (non-hydrogen) atoms. The number of carbonyl (C=O) groups excluding carboxylic acids is 2. The fourth-order valence-electron chi connectivity index (χ4n) is 3.08. The lowest BCUT2D eigenvalue weighted by atomic mass is 9.97. The summed E-state index contributed by atoms with van der Waals surface area (Å²) >= 11 is 7.12. The van der Waals surface area contributed by atoms with E-state index in [4.69, 9.17) is 16.3 Å². The van der Waals surface area contributed by atoms with Gasteiger partial charge in [-0.15, -0.1) is 23.4 Å². The van der Waals surface area contributed by atoms with Crippen LogP contribution in [-0.2, 0) is 19.1 Å². The fraction of sp³-hybridized carbons (Fsp3) is 0.438. The van der Waals surface area contributed by atoms with E-state index in [1.54, 1.807) is 6.08 Å². The lowest BCUT2D eigenvalue weighted by Gasteiger charge is -2.55. The molecule has 0 aromatic heterocycles. The summed E-state index contributed by atoms with van der Waals surface area (Å²) in [6, 6.07) is 0. The molecule has 9 heteroatoms. The summed E-state index contributed by atoms with van der Waals surface area (Å²) in [5.41, 5.74) is -0.658. The zero-order valence-corrected chi connectivity index (χ0v) is 15.0. The Labute approximate surface area is 153 Å². The van der Waals surface area contributed by atoms with E-state index < -0.39 is 23.0 Å². The molecule has 0 saturated carbocycles. The molecule has 0 aromatic rings. The Bertz CT molecular complexity index is 732. The second-order valence-electron chi connectivity index (χ2n) is 5.76. The lowest BCUT2D eigenvalue weighted by Crippen LogP contribution is -2.80. The summed E-state index contributed by atoms with van der Waals surface area (Å²) in [6.45, 7) is 0. The van der Waals surface area contributed by atoms with Crippen molar-refractivity contribution in [3.05, 3.63) is 35.1 Å². The molecule has 3 aliphatic rings. The van der Waals surface area contributed by atoms with Crippen molar-refractivity contribution in [2.45, 2.75) is 23.9 Å². The van der Waals surface area contributed by atoms with E-state index in [2.05, 4.69) is 5.32 Å². The van der Waals surface area contributed by atoms with E-state index in [9.17, 15) is 19.5 Å². The summed E-state index contributed by atoms with van der Waals surface area (Å²) in [7, 11) is 1.33. The molecule has 2 aliphatic heterocycles. The molecule has 7 nitrogen and oxygen atoms in total. The largest absolute Gasteiger partial charge is 0.477 e. The zero-order chi connectivity index (χ0) is 18.2. The van der Waals surface area contributed by atoms with E-state index in [0.717, 1.165) is 4.90 Å². The number of ether oxygens (including phenoxy) is 1. The van der Waals surface area contributed by atoms with Crippen molar-refractivity contribution in [3.63, 3.8) is 0 Å². The van der Waals surface area contributed by atoms with Crippen LogP contribution in [0.1, 0.15) is 12.8 Å². The van der Waals surface area contributed by atoms with Crippen LogP contribution < -0.4 is 5.32 Å². The van der Waals surface area contributed by atoms with Crippen molar-refractivity contribution in [2.24, 2.45) is 0 Å². The van der Waals surface area contributed by atoms with Gasteiger partial charge in [0.25, 0.3) is 11.6 Å². The first-order valence-electron chi connectivity index (χ1n) is 7.64. The number of carboxylic acid groups (broad SMARTS) is 1. The SMILES string of the molecule is COC1(NC(=O)C2=CCC=CC2)C(=O)N2C(C(=O)O)=C(CCl)CS[C@H]21. The van der Waals surface area contributed by atoms with Crippen LogP contribution in [0.15, 0.2) is 35.1 Å². The predicted octanol–water partition coefficient (Wildman–Crippen LogP) is 1.21. The van der Waals surface area contributed by atoms with E-state index >= 15 is 0 Å². The minimum Gasteiger partial charge on any atom is -0.477 e. The Morgan fingerprint density at radius 3 is 2.84 bits per heavy atom. The van der Waals surface area contributed by atoms with Crippen molar-refractivity contribution < 1.29 is 24.2 Å². The van der Waals surface area contributed by atoms with Crippen LogP contribution in [0.5, 0.6) is 0 Å². The van der Waals surface area contributed by atoms with E-state index in [0.29, 0.717) is 29.7 Å². The number of aliphatic carboxylic acids is 1. The summed E-state index contributed by atoms with van der Waals surface area (Å²) in [5, 5.41) is 11.5. The van der Waals surface area contributed by atoms with Gasteiger partial charge in [0.2, 0.25) is 5.91 Å². The number of nitrogens with zero attached hydrogens (tertiary/aromatic N) is 1. The first-order chi connectivity index (χ1) is 12.0. The Morgan fingerprint density at radius 1 is 1.52 bits per heavy atom. The quantitative estimate of drug-likeness (QED) is 0.320. The van der Waals surface area contributed by atoms with Gasteiger partial charge in [-0.1, -0.05) is 18.2 Å². The molecular formula is C16H17ClN2O5S. The average Bonchev–Trinajstić information content (AvgIpc) is 2.64. The summed E-state index contributed by atoms with van der Waals surface area (Å²) in [6.07, 6.45) is 6.77. The monoisotopic (exact) mass is 384 g/mol. The summed E-state index contributed by atoms with van der Waals surface area (Å²) in [5.74, 6) is -1.83. The van der Waals surface area contributed by atoms with E-state index in [-0.39, 0.29) is 17.5 Å². The standard InChI is InChI=1S/C16H17ClN2O5S/c1-24-16(18-12(20)9-5-3-2-4-6-9)14(23)19-11(13(21)22)10(7-17)8-25-15(16)19/h2-3,6,15H,4-5,7-8H2,1H3,(H,18,20)(H,21,22)/t15-,16?/m0/s1. The molecular weight excluding hydrogens is 368 g/mol. The van der Waals surface area contributed by atoms with Gasteiger partial charge in [-0.05, 0) is 18.4 Å². The Hall–Kier alpha value is -1.77. The van der Waals surface area contributed by atoms with Crippen molar-refractivity contribution in [2.75, 3.05) is 18.7 Å². The highest BCUT2D eigenvalue weighted by Crippen LogP contribution is 2.46. The summed E-state index contributed by atoms with van der Waals surface area (Å²) in [4.78, 5) is 38.0. The lowest BCUT2D eigenvalue weighted by molar-refractivity contribution is -0.192. The van der Waals surface area contributed by atoms with Gasteiger partial charge < -0.3 is 15.2 Å². The van der Waals surface area contributed by atoms with Gasteiger partial charge in [-0.3, -0.25) is 14.5 Å². The molecule has 3 rings (SSSR count). The maximum Gasteiger partial charge on any atom is 0.352 e. The predicted molar refractivity (Wildman–Crippen MR) is 92.8 cm³/mol. The number of carbonyl (C=O) groups is 3. The van der Waals surface area contributed by atoms with Crippen LogP contribution in [-0.4, -0.2) is 57.6 Å². The first kappa shape index (κ1) is 18.0. The second-order valence-corrected chi connectivity index (χ2v) is 7.10. The van der Waals surface area contributed by atoms with Crippen LogP contribution in [0.3, 0.4) is 0 Å². The van der Waals surface area contributed by atoms with Crippen LogP contribution in [0, 0.1) is 0 Å². The fourth-order valence-corrected chi connectivity index (χ4v) is 4.85. The van der Waals surface area contributed by atoms with Gasteiger partial charge in [0, 0.05) is 24.3 Å². The maximum absolute atomic E-state index is 12.7. The Morgan fingerprint density at radius 2 is 2.28 bits per heavy atom. The number of allylic oxidation sites excluding steroid dienone is 3. The molecule has 134 valence electrons. The summed E-state index contributed by atoms with van der Waals surface area (Å²) < 4.78 is 5.38. The number of β-lactam (4-membered cyclic amide) rings is 1. The molecule has 2 atom stereocenters. The maximum atomic E-state index is 12.7. The average molecular weight is 385 g/mol. The Kier molecular flexibility index (Phi) is 4.95. The third kappa shape index (κ3) is 2.78. The number of carboxylic acids is 1. The molecule has 1 unspecified atom stereocenters. The molecule has 1 saturated heterocycles. The van der Waals surface area contributed by atoms with Crippen molar-refractivity contribution in [1.29, 1.82) is 0 Å². The number of nitrogens with one attached hydrogen (secondary N) is 1. The van der Waals surface area contributed by atoms with Gasteiger partial charge in [0.1, 0.15) is 11.1 Å². The Balaban J connectivity index is 1.86. The molecule has 0 radical (unpaired) electrons. The first-order valence-corrected chi connectivity index (χ1v) is 9.22. The molecule has 0 spiro atoms. The minimum atomic E-state index is -1.57. The topological polar surface area (TPSA) is 95.9 Å². The van der Waals surface area contributed by atoms with Gasteiger partial charge in [0.05, 0.1) is 0 Å². The number of thioether (sulfide) groups is 1. The van der Waals surface area contributed by atoms with Gasteiger partial charge >= 0.3 is 5.97 Å². The molecule has 2 amide bonds. The van der Waals surface area contributed by atoms with Gasteiger partial charge in [-0.25, -0.2) is 4.79 Å². The van der Waals surface area contributed by atoms with Crippen LogP contribution >= 0.6 is 23.4 Å². The third-order valence-electron chi connectivity index (χ3n) is 4.39. The highest BCUT2D eigenvalue weighted by atomic mass is 35.5. The molecule has 1 aliphatic carbocycles. The number of alkyl halides is 1.